The molecule has 0 atom stereocenters. The number of alkyl halides is 6. The fraction of sp³-hybridized carbons (Fsp3) is 0.476. The summed E-state index contributed by atoms with van der Waals surface area (Å²) >= 11 is 0. The van der Waals surface area contributed by atoms with Crippen LogP contribution >= 0.6 is 0 Å². The number of hydrogen-bond acceptors (Lipinski definition) is 5. The second-order valence-corrected chi connectivity index (χ2v) is 8.85. The van der Waals surface area contributed by atoms with Crippen molar-refractivity contribution in [1.82, 2.24) is 19.6 Å². The molecule has 0 bridgehead atoms. The summed E-state index contributed by atoms with van der Waals surface area (Å²) < 4.78 is 80.2. The van der Waals surface area contributed by atoms with Crippen LogP contribution in [0.25, 0.3) is 16.8 Å². The maximum absolute atomic E-state index is 13.1. The molecule has 1 aliphatic rings. The van der Waals surface area contributed by atoms with Crippen molar-refractivity contribution in [3.8, 4) is 11.3 Å². The number of aromatic nitrogens is 4. The highest BCUT2D eigenvalue weighted by Gasteiger charge is 2.39. The van der Waals surface area contributed by atoms with Crippen LogP contribution in [0.1, 0.15) is 37.8 Å². The molecule has 1 saturated carbocycles. The molecule has 0 spiro atoms. The molecule has 0 radical (unpaired) electrons. The van der Waals surface area contributed by atoms with Crippen molar-refractivity contribution in [2.45, 2.75) is 57.1 Å². The van der Waals surface area contributed by atoms with Crippen LogP contribution in [0.2, 0.25) is 0 Å². The lowest BCUT2D eigenvalue weighted by molar-refractivity contribution is -0.138. The smallest absolute Gasteiger partial charge is 0.390 e. The lowest BCUT2D eigenvalue weighted by atomic mass is 9.71. The molecular formula is C21H21F6N5O. The van der Waals surface area contributed by atoms with Crippen LogP contribution in [0.5, 0.6) is 0 Å². The monoisotopic (exact) mass is 473 g/mol. The van der Waals surface area contributed by atoms with Crippen molar-refractivity contribution < 1.29 is 31.4 Å². The Labute approximate surface area is 184 Å². The van der Waals surface area contributed by atoms with Crippen molar-refractivity contribution in [3.05, 3.63) is 41.9 Å². The molecule has 3 aromatic rings. The van der Waals surface area contributed by atoms with Crippen LogP contribution in [0.4, 0.5) is 32.3 Å². The Kier molecular flexibility index (Phi) is 5.54. The molecule has 2 aromatic heterocycles. The second kappa shape index (κ2) is 7.86. The number of nitrogens with one attached hydrogen (secondary N) is 1. The van der Waals surface area contributed by atoms with Crippen molar-refractivity contribution in [1.29, 1.82) is 0 Å². The zero-order chi connectivity index (χ0) is 24.2. The number of aliphatic hydroxyl groups is 1. The van der Waals surface area contributed by atoms with Gasteiger partial charge in [0.15, 0.2) is 0 Å². The van der Waals surface area contributed by atoms with Crippen LogP contribution in [0.3, 0.4) is 0 Å². The third-order valence-corrected chi connectivity index (χ3v) is 5.90. The van der Waals surface area contributed by atoms with E-state index in [1.807, 2.05) is 0 Å². The molecule has 1 aromatic carbocycles. The van der Waals surface area contributed by atoms with Gasteiger partial charge >= 0.3 is 12.4 Å². The largest absolute Gasteiger partial charge is 0.416 e. The van der Waals surface area contributed by atoms with Gasteiger partial charge in [0.2, 0.25) is 5.95 Å². The van der Waals surface area contributed by atoms with E-state index in [9.17, 15) is 31.4 Å². The summed E-state index contributed by atoms with van der Waals surface area (Å²) in [5, 5.41) is 21.4. The SMILES string of the molecule is CC(C)(O)C1CC(Nc2nnc(-c3ccc(C(F)(F)F)cc3CC(F)(F)F)c3cncn23)C1. The molecule has 1 fully saturated rings. The van der Waals surface area contributed by atoms with E-state index in [1.54, 1.807) is 13.8 Å². The van der Waals surface area contributed by atoms with Crippen molar-refractivity contribution >= 4 is 11.5 Å². The van der Waals surface area contributed by atoms with Gasteiger partial charge in [0, 0.05) is 11.6 Å². The molecule has 6 nitrogen and oxygen atoms in total. The van der Waals surface area contributed by atoms with Crippen LogP contribution in [0.15, 0.2) is 30.7 Å². The fourth-order valence-electron chi connectivity index (χ4n) is 3.98. The number of nitrogens with zero attached hydrogens (tertiary/aromatic N) is 4. The minimum Gasteiger partial charge on any atom is -0.390 e. The molecular weight excluding hydrogens is 452 g/mol. The highest BCUT2D eigenvalue weighted by atomic mass is 19.4. The Morgan fingerprint density at radius 2 is 1.79 bits per heavy atom. The Hall–Kier alpha value is -2.89. The molecule has 0 aliphatic heterocycles. The van der Waals surface area contributed by atoms with Gasteiger partial charge in [-0.25, -0.2) is 4.98 Å². The van der Waals surface area contributed by atoms with E-state index >= 15 is 0 Å². The van der Waals surface area contributed by atoms with Crippen molar-refractivity contribution in [2.75, 3.05) is 5.32 Å². The molecule has 1 aliphatic carbocycles. The van der Waals surface area contributed by atoms with Crippen LogP contribution in [0, 0.1) is 5.92 Å². The van der Waals surface area contributed by atoms with Gasteiger partial charge in [0.25, 0.3) is 0 Å². The summed E-state index contributed by atoms with van der Waals surface area (Å²) in [7, 11) is 0. The number of imidazole rings is 1. The molecule has 2 heterocycles. The van der Waals surface area contributed by atoms with Crippen LogP contribution < -0.4 is 5.32 Å². The van der Waals surface area contributed by atoms with E-state index in [2.05, 4.69) is 20.5 Å². The second-order valence-electron chi connectivity index (χ2n) is 8.85. The lowest BCUT2D eigenvalue weighted by Crippen LogP contribution is -2.46. The van der Waals surface area contributed by atoms with Gasteiger partial charge < -0.3 is 10.4 Å². The Balaban J connectivity index is 1.70. The number of halogens is 6. The summed E-state index contributed by atoms with van der Waals surface area (Å²) in [5.74, 6) is 0.410. The summed E-state index contributed by atoms with van der Waals surface area (Å²) in [6.45, 7) is 3.47. The molecule has 0 amide bonds. The quantitative estimate of drug-likeness (QED) is 0.517. The predicted molar refractivity (Wildman–Crippen MR) is 107 cm³/mol. The highest BCUT2D eigenvalue weighted by molar-refractivity contribution is 5.79. The molecule has 4 rings (SSSR count). The molecule has 2 N–H and O–H groups in total. The summed E-state index contributed by atoms with van der Waals surface area (Å²) in [4.78, 5) is 4.02. The van der Waals surface area contributed by atoms with Crippen molar-refractivity contribution in [2.24, 2.45) is 5.92 Å². The zero-order valence-electron chi connectivity index (χ0n) is 17.7. The normalized spacial score (nSPS) is 19.5. The number of rotatable bonds is 5. The molecule has 0 unspecified atom stereocenters. The highest BCUT2D eigenvalue weighted by Crippen LogP contribution is 2.39. The number of benzene rings is 1. The van der Waals surface area contributed by atoms with Gasteiger partial charge in [-0.1, -0.05) is 6.07 Å². The summed E-state index contributed by atoms with van der Waals surface area (Å²) in [6.07, 6.45) is -6.90. The first-order valence-corrected chi connectivity index (χ1v) is 10.2. The fourth-order valence-corrected chi connectivity index (χ4v) is 3.98. The van der Waals surface area contributed by atoms with Gasteiger partial charge in [-0.3, -0.25) is 4.40 Å². The minimum atomic E-state index is -4.78. The Morgan fingerprint density at radius 1 is 1.09 bits per heavy atom. The first-order chi connectivity index (χ1) is 15.2. The minimum absolute atomic E-state index is 0.00555. The van der Waals surface area contributed by atoms with E-state index < -0.39 is 35.5 Å². The van der Waals surface area contributed by atoms with Crippen LogP contribution in [-0.4, -0.2) is 42.5 Å². The number of fused-ring (bicyclic) bond motifs is 1. The predicted octanol–water partition coefficient (Wildman–Crippen LogP) is 4.88. The van der Waals surface area contributed by atoms with Gasteiger partial charge in [0.05, 0.1) is 29.3 Å². The summed E-state index contributed by atoms with van der Waals surface area (Å²) in [6, 6.07) is 2.21. The average Bonchev–Trinajstić information content (AvgIpc) is 3.11. The maximum Gasteiger partial charge on any atom is 0.416 e. The van der Waals surface area contributed by atoms with Crippen molar-refractivity contribution in [3.63, 3.8) is 0 Å². The van der Waals surface area contributed by atoms with E-state index in [4.69, 9.17) is 0 Å². The molecule has 33 heavy (non-hydrogen) atoms. The van der Waals surface area contributed by atoms with E-state index in [0.29, 0.717) is 30.4 Å². The average molecular weight is 473 g/mol. The summed E-state index contributed by atoms with van der Waals surface area (Å²) in [5.41, 5.74) is -2.34. The Morgan fingerprint density at radius 3 is 2.39 bits per heavy atom. The third kappa shape index (κ3) is 4.90. The number of hydrogen-bond donors (Lipinski definition) is 2. The zero-order valence-corrected chi connectivity index (χ0v) is 17.7. The molecule has 0 saturated heterocycles. The van der Waals surface area contributed by atoms with Gasteiger partial charge in [-0.05, 0) is 50.3 Å². The number of anilines is 1. The topological polar surface area (TPSA) is 75.3 Å². The van der Waals surface area contributed by atoms with Gasteiger partial charge in [-0.15, -0.1) is 10.2 Å². The van der Waals surface area contributed by atoms with Gasteiger partial charge in [-0.2, -0.15) is 26.3 Å². The Bertz CT molecular complexity index is 1160. The van der Waals surface area contributed by atoms with E-state index in [-0.39, 0.29) is 23.2 Å². The molecule has 12 heteroatoms. The third-order valence-electron chi connectivity index (χ3n) is 5.90. The first kappa shape index (κ1) is 23.3. The van der Waals surface area contributed by atoms with E-state index in [0.717, 1.165) is 12.1 Å². The first-order valence-electron chi connectivity index (χ1n) is 10.2. The van der Waals surface area contributed by atoms with E-state index in [1.165, 1.54) is 16.9 Å². The van der Waals surface area contributed by atoms with Crippen LogP contribution in [-0.2, 0) is 12.6 Å². The standard InChI is InChI=1S/C21H21F6N5O/c1-19(2,33)13-6-14(7-13)29-18-31-30-17(16-9-28-10-32(16)18)15-4-3-12(21(25,26)27)5-11(15)8-20(22,23)24/h3-5,9-10,13-14,33H,6-8H2,1-2H3,(H,29,31). The molecule has 178 valence electrons. The maximum atomic E-state index is 13.1. The van der Waals surface area contributed by atoms with Gasteiger partial charge in [0.1, 0.15) is 12.0 Å². The lowest BCUT2D eigenvalue weighted by Gasteiger charge is -2.42.